The van der Waals surface area contributed by atoms with Crippen LogP contribution < -0.4 is 5.32 Å². The average molecular weight is 552 g/mol. The Hall–Kier alpha value is -4.26. The van der Waals surface area contributed by atoms with Crippen LogP contribution >= 0.6 is 0 Å². The van der Waals surface area contributed by atoms with E-state index in [1.165, 1.54) is 4.90 Å². The zero-order chi connectivity index (χ0) is 28.8. The molecule has 0 radical (unpaired) electrons. The Labute approximate surface area is 241 Å². The largest absolute Gasteiger partial charge is 0.352 e. The summed E-state index contributed by atoms with van der Waals surface area (Å²) < 4.78 is 0. The van der Waals surface area contributed by atoms with Gasteiger partial charge in [0.1, 0.15) is 6.04 Å². The van der Waals surface area contributed by atoms with Crippen molar-refractivity contribution in [1.82, 2.24) is 15.1 Å². The molecule has 1 fully saturated rings. The third-order valence-corrected chi connectivity index (χ3v) is 8.06. The molecule has 0 aromatic heterocycles. The summed E-state index contributed by atoms with van der Waals surface area (Å²) in [6, 6.07) is 24.0. The Balaban J connectivity index is 1.35. The first-order chi connectivity index (χ1) is 19.9. The summed E-state index contributed by atoms with van der Waals surface area (Å²) in [5, 5.41) is 3.22. The second-order valence-corrected chi connectivity index (χ2v) is 11.1. The Morgan fingerprint density at radius 2 is 1.51 bits per heavy atom. The Morgan fingerprint density at radius 1 is 0.878 bits per heavy atom. The van der Waals surface area contributed by atoms with Crippen molar-refractivity contribution in [3.63, 3.8) is 0 Å². The number of hydrogen-bond donors (Lipinski definition) is 1. The van der Waals surface area contributed by atoms with Crippen LogP contribution in [0, 0.1) is 6.92 Å². The lowest BCUT2D eigenvalue weighted by Crippen LogP contribution is -2.52. The molecule has 3 aromatic rings. The van der Waals surface area contributed by atoms with Crippen molar-refractivity contribution < 1.29 is 19.2 Å². The van der Waals surface area contributed by atoms with E-state index in [0.717, 1.165) is 42.4 Å². The summed E-state index contributed by atoms with van der Waals surface area (Å²) in [4.78, 5) is 56.2. The van der Waals surface area contributed by atoms with Crippen LogP contribution in [0.1, 0.15) is 75.9 Å². The molecule has 7 heteroatoms. The molecule has 1 atom stereocenters. The molecule has 1 heterocycles. The highest BCUT2D eigenvalue weighted by Crippen LogP contribution is 2.24. The highest BCUT2D eigenvalue weighted by molar-refractivity contribution is 6.21. The van der Waals surface area contributed by atoms with Gasteiger partial charge in [-0.05, 0) is 49.4 Å². The van der Waals surface area contributed by atoms with E-state index in [4.69, 9.17) is 0 Å². The maximum atomic E-state index is 13.9. The van der Waals surface area contributed by atoms with E-state index in [1.807, 2.05) is 61.5 Å². The summed E-state index contributed by atoms with van der Waals surface area (Å²) in [6.07, 6.45) is 4.93. The number of nitrogens with one attached hydrogen (secondary N) is 1. The predicted molar refractivity (Wildman–Crippen MR) is 157 cm³/mol. The minimum absolute atomic E-state index is 0.112. The molecule has 1 aliphatic heterocycles. The standard InChI is InChI=1S/C34H37N3O4/c1-24-11-9-14-26(21-24)23-37(30(22-25-12-3-2-4-13-25)32(39)35-27-15-5-6-16-27)31(38)19-10-20-36-33(40)28-17-7-8-18-29(28)34(36)41/h2-4,7-9,11-14,17-18,21,27,30H,5-6,10,15-16,19-20,22-23H2,1H3,(H,35,39)/t30-/m1/s1. The third kappa shape index (κ3) is 6.73. The zero-order valence-corrected chi connectivity index (χ0v) is 23.6. The van der Waals surface area contributed by atoms with Crippen LogP contribution in [0.2, 0.25) is 0 Å². The minimum atomic E-state index is -0.690. The lowest BCUT2D eigenvalue weighted by molar-refractivity contribution is -0.141. The van der Waals surface area contributed by atoms with E-state index in [2.05, 4.69) is 5.32 Å². The van der Waals surface area contributed by atoms with E-state index in [9.17, 15) is 19.2 Å². The van der Waals surface area contributed by atoms with Crippen LogP contribution in [-0.2, 0) is 22.6 Å². The first kappa shape index (κ1) is 28.3. The molecule has 0 spiro atoms. The van der Waals surface area contributed by atoms with Crippen molar-refractivity contribution in [2.24, 2.45) is 0 Å². The van der Waals surface area contributed by atoms with Gasteiger partial charge in [0.25, 0.3) is 11.8 Å². The van der Waals surface area contributed by atoms with E-state index in [0.29, 0.717) is 30.5 Å². The second-order valence-electron chi connectivity index (χ2n) is 11.1. The van der Waals surface area contributed by atoms with Gasteiger partial charge < -0.3 is 10.2 Å². The van der Waals surface area contributed by atoms with E-state index < -0.39 is 6.04 Å². The van der Waals surface area contributed by atoms with Crippen LogP contribution in [0.3, 0.4) is 0 Å². The fraction of sp³-hybridized carbons (Fsp3) is 0.353. The lowest BCUT2D eigenvalue weighted by atomic mass is 10.0. The topological polar surface area (TPSA) is 86.8 Å². The van der Waals surface area contributed by atoms with E-state index in [1.54, 1.807) is 29.2 Å². The molecular weight excluding hydrogens is 514 g/mol. The van der Waals surface area contributed by atoms with Gasteiger partial charge in [0, 0.05) is 32.0 Å². The normalized spacial score (nSPS) is 15.6. The van der Waals surface area contributed by atoms with Gasteiger partial charge >= 0.3 is 0 Å². The van der Waals surface area contributed by atoms with Crippen molar-refractivity contribution in [1.29, 1.82) is 0 Å². The fourth-order valence-electron chi connectivity index (χ4n) is 5.90. The third-order valence-electron chi connectivity index (χ3n) is 8.06. The summed E-state index contributed by atoms with van der Waals surface area (Å²) in [5.41, 5.74) is 3.81. The van der Waals surface area contributed by atoms with Crippen molar-refractivity contribution in [2.45, 2.75) is 70.5 Å². The molecule has 1 saturated carbocycles. The van der Waals surface area contributed by atoms with Gasteiger partial charge in [-0.25, -0.2) is 0 Å². The Morgan fingerprint density at radius 3 is 2.17 bits per heavy atom. The fourth-order valence-corrected chi connectivity index (χ4v) is 5.90. The number of hydrogen-bond acceptors (Lipinski definition) is 4. The molecule has 0 saturated heterocycles. The van der Waals surface area contributed by atoms with Gasteiger partial charge in [0.2, 0.25) is 11.8 Å². The molecule has 4 amide bonds. The number of carbonyl (C=O) groups is 4. The van der Waals surface area contributed by atoms with Crippen molar-refractivity contribution in [3.8, 4) is 0 Å². The Bertz CT molecular complexity index is 1380. The van der Waals surface area contributed by atoms with Crippen LogP contribution in [-0.4, -0.2) is 52.1 Å². The van der Waals surface area contributed by atoms with Gasteiger partial charge in [-0.1, -0.05) is 85.1 Å². The van der Waals surface area contributed by atoms with E-state index in [-0.39, 0.29) is 42.6 Å². The van der Waals surface area contributed by atoms with Gasteiger partial charge in [0.15, 0.2) is 0 Å². The van der Waals surface area contributed by atoms with Gasteiger partial charge in [-0.2, -0.15) is 0 Å². The zero-order valence-electron chi connectivity index (χ0n) is 23.6. The Kier molecular flexibility index (Phi) is 8.92. The minimum Gasteiger partial charge on any atom is -0.352 e. The summed E-state index contributed by atoms with van der Waals surface area (Å²) in [5.74, 6) is -0.965. The number of nitrogens with zero attached hydrogens (tertiary/aromatic N) is 2. The predicted octanol–water partition coefficient (Wildman–Crippen LogP) is 5.07. The van der Waals surface area contributed by atoms with Gasteiger partial charge in [-0.15, -0.1) is 0 Å². The molecule has 1 aliphatic carbocycles. The molecule has 7 nitrogen and oxygen atoms in total. The number of benzene rings is 3. The van der Waals surface area contributed by atoms with Gasteiger partial charge in [-0.3, -0.25) is 24.1 Å². The summed E-state index contributed by atoms with van der Waals surface area (Å²) >= 11 is 0. The quantitative estimate of drug-likeness (QED) is 0.337. The van der Waals surface area contributed by atoms with Crippen molar-refractivity contribution in [2.75, 3.05) is 6.54 Å². The number of carbonyl (C=O) groups excluding carboxylic acids is 4. The first-order valence-corrected chi connectivity index (χ1v) is 14.6. The first-order valence-electron chi connectivity index (χ1n) is 14.6. The maximum Gasteiger partial charge on any atom is 0.261 e. The summed E-state index contributed by atoms with van der Waals surface area (Å²) in [7, 11) is 0. The average Bonchev–Trinajstić information content (AvgIpc) is 3.57. The molecule has 3 aromatic carbocycles. The lowest BCUT2D eigenvalue weighted by Gasteiger charge is -2.32. The number of amides is 4. The van der Waals surface area contributed by atoms with Crippen LogP contribution in [0.15, 0.2) is 78.9 Å². The maximum absolute atomic E-state index is 13.9. The van der Waals surface area contributed by atoms with Gasteiger partial charge in [0.05, 0.1) is 11.1 Å². The van der Waals surface area contributed by atoms with Crippen LogP contribution in [0.5, 0.6) is 0 Å². The molecule has 41 heavy (non-hydrogen) atoms. The van der Waals surface area contributed by atoms with Crippen LogP contribution in [0.25, 0.3) is 0 Å². The molecule has 212 valence electrons. The molecule has 5 rings (SSSR count). The number of imide groups is 1. The van der Waals surface area contributed by atoms with Crippen LogP contribution in [0.4, 0.5) is 0 Å². The molecule has 2 aliphatic rings. The highest BCUT2D eigenvalue weighted by Gasteiger charge is 2.36. The van der Waals surface area contributed by atoms with Crippen molar-refractivity contribution in [3.05, 3.63) is 107 Å². The SMILES string of the molecule is Cc1cccc(CN(C(=O)CCCN2C(=O)c3ccccc3C2=O)[C@H](Cc2ccccc2)C(=O)NC2CCCC2)c1. The number of aryl methyl sites for hydroxylation is 1. The van der Waals surface area contributed by atoms with Crippen molar-refractivity contribution >= 4 is 23.6 Å². The highest BCUT2D eigenvalue weighted by atomic mass is 16.2. The number of fused-ring (bicyclic) bond motifs is 1. The molecule has 1 N–H and O–H groups in total. The second kappa shape index (κ2) is 12.9. The monoisotopic (exact) mass is 551 g/mol. The smallest absolute Gasteiger partial charge is 0.261 e. The summed E-state index contributed by atoms with van der Waals surface area (Å²) in [6.45, 7) is 2.45. The molecule has 0 bridgehead atoms. The number of rotatable bonds is 11. The molecule has 0 unspecified atom stereocenters. The van der Waals surface area contributed by atoms with E-state index >= 15 is 0 Å². The molecular formula is C34H37N3O4.